The molecule has 0 saturated heterocycles. The van der Waals surface area contributed by atoms with Gasteiger partial charge in [0.15, 0.2) is 0 Å². The minimum atomic E-state index is -0.563. The highest BCUT2D eigenvalue weighted by Gasteiger charge is 2.14. The quantitative estimate of drug-likeness (QED) is 0.609. The van der Waals surface area contributed by atoms with Gasteiger partial charge in [-0.05, 0) is 6.07 Å². The van der Waals surface area contributed by atoms with E-state index in [1.807, 2.05) is 0 Å². The largest absolute Gasteiger partial charge is 0.414 e. The van der Waals surface area contributed by atoms with Crippen LogP contribution in [0.4, 0.5) is 5.69 Å². The molecule has 0 spiro atoms. The molecule has 0 radical (unpaired) electrons. The van der Waals surface area contributed by atoms with Gasteiger partial charge < -0.3 is 4.42 Å². The fourth-order valence-corrected chi connectivity index (χ4v) is 1.75. The lowest BCUT2D eigenvalue weighted by Gasteiger charge is -1.98. The van der Waals surface area contributed by atoms with Crippen LogP contribution in [-0.4, -0.2) is 9.30 Å². The summed E-state index contributed by atoms with van der Waals surface area (Å²) in [7, 11) is 0. The number of nitro groups is 1. The SMILES string of the molecule is O=c1oc(-c2ccc([N+](=O)[O-])cc2Cl)ns1. The number of halogens is 1. The molecule has 0 aliphatic heterocycles. The van der Waals surface area contributed by atoms with Crippen LogP contribution in [0.2, 0.25) is 5.02 Å². The minimum Gasteiger partial charge on any atom is -0.394 e. The van der Waals surface area contributed by atoms with Crippen LogP contribution in [0.3, 0.4) is 0 Å². The molecule has 1 aromatic carbocycles. The summed E-state index contributed by atoms with van der Waals surface area (Å²) in [6, 6.07) is 3.83. The van der Waals surface area contributed by atoms with E-state index in [2.05, 4.69) is 4.37 Å². The summed E-state index contributed by atoms with van der Waals surface area (Å²) >= 11 is 6.47. The van der Waals surface area contributed by atoms with Crippen molar-refractivity contribution in [3.63, 3.8) is 0 Å². The smallest absolute Gasteiger partial charge is 0.394 e. The van der Waals surface area contributed by atoms with E-state index in [1.165, 1.54) is 18.2 Å². The molecule has 0 fully saturated rings. The van der Waals surface area contributed by atoms with Gasteiger partial charge in [-0.2, -0.15) is 0 Å². The van der Waals surface area contributed by atoms with Crippen molar-refractivity contribution in [2.75, 3.05) is 0 Å². The van der Waals surface area contributed by atoms with Gasteiger partial charge in [0.25, 0.3) is 5.69 Å². The van der Waals surface area contributed by atoms with E-state index in [0.29, 0.717) is 17.1 Å². The molecule has 0 aliphatic carbocycles. The van der Waals surface area contributed by atoms with Crippen LogP contribution in [0.1, 0.15) is 0 Å². The zero-order chi connectivity index (χ0) is 11.7. The third-order valence-corrected chi connectivity index (χ3v) is 2.58. The van der Waals surface area contributed by atoms with E-state index in [1.54, 1.807) is 0 Å². The van der Waals surface area contributed by atoms with E-state index < -0.39 is 9.86 Å². The summed E-state index contributed by atoms with van der Waals surface area (Å²) in [5.74, 6) is 0.0647. The van der Waals surface area contributed by atoms with Crippen molar-refractivity contribution >= 4 is 28.8 Å². The monoisotopic (exact) mass is 258 g/mol. The molecule has 6 nitrogen and oxygen atoms in total. The Kier molecular flexibility index (Phi) is 2.71. The number of nitro benzene ring substituents is 1. The number of benzene rings is 1. The second kappa shape index (κ2) is 4.03. The van der Waals surface area contributed by atoms with Crippen molar-refractivity contribution in [1.29, 1.82) is 0 Å². The number of aromatic nitrogens is 1. The second-order valence-electron chi connectivity index (χ2n) is 2.76. The normalized spacial score (nSPS) is 10.3. The number of rotatable bonds is 2. The average molecular weight is 259 g/mol. The fourth-order valence-electron chi connectivity index (χ4n) is 1.09. The molecular weight excluding hydrogens is 256 g/mol. The number of nitrogens with zero attached hydrogens (tertiary/aromatic N) is 2. The van der Waals surface area contributed by atoms with Crippen LogP contribution < -0.4 is 4.94 Å². The predicted octanol–water partition coefficient (Wildman–Crippen LogP) is 2.32. The summed E-state index contributed by atoms with van der Waals surface area (Å²) in [6.45, 7) is 0. The molecule has 1 aromatic heterocycles. The molecule has 0 aliphatic rings. The molecule has 0 saturated carbocycles. The van der Waals surface area contributed by atoms with E-state index >= 15 is 0 Å². The van der Waals surface area contributed by atoms with Gasteiger partial charge in [0.2, 0.25) is 5.89 Å². The van der Waals surface area contributed by atoms with Gasteiger partial charge in [-0.15, -0.1) is 4.37 Å². The highest BCUT2D eigenvalue weighted by Crippen LogP contribution is 2.29. The first-order chi connectivity index (χ1) is 7.58. The second-order valence-corrected chi connectivity index (χ2v) is 3.87. The Labute approximate surface area is 97.4 Å². The number of hydrogen-bond acceptors (Lipinski definition) is 6. The molecule has 0 bridgehead atoms. The van der Waals surface area contributed by atoms with Gasteiger partial charge >= 0.3 is 4.94 Å². The fraction of sp³-hybridized carbons (Fsp3) is 0. The summed E-state index contributed by atoms with van der Waals surface area (Å²) in [5.41, 5.74) is 0.219. The third kappa shape index (κ3) is 1.95. The first-order valence-corrected chi connectivity index (χ1v) is 5.14. The van der Waals surface area contributed by atoms with Crippen molar-refractivity contribution in [3.8, 4) is 11.5 Å². The van der Waals surface area contributed by atoms with Crippen LogP contribution in [-0.2, 0) is 0 Å². The topological polar surface area (TPSA) is 86.2 Å². The van der Waals surface area contributed by atoms with Crippen molar-refractivity contribution in [2.24, 2.45) is 0 Å². The Balaban J connectivity index is 2.51. The minimum absolute atomic E-state index is 0.0647. The molecule has 0 atom stereocenters. The molecule has 16 heavy (non-hydrogen) atoms. The van der Waals surface area contributed by atoms with Gasteiger partial charge in [0.1, 0.15) is 0 Å². The summed E-state index contributed by atoms with van der Waals surface area (Å²) in [4.78, 5) is 20.1. The van der Waals surface area contributed by atoms with Gasteiger partial charge in [-0.25, -0.2) is 4.79 Å². The third-order valence-electron chi connectivity index (χ3n) is 1.78. The first-order valence-electron chi connectivity index (χ1n) is 3.99. The van der Waals surface area contributed by atoms with Gasteiger partial charge in [-0.1, -0.05) is 11.6 Å². The summed E-state index contributed by atoms with van der Waals surface area (Å²) in [5, 5.41) is 10.6. The van der Waals surface area contributed by atoms with Crippen molar-refractivity contribution < 1.29 is 9.34 Å². The maximum absolute atomic E-state index is 10.8. The highest BCUT2D eigenvalue weighted by molar-refractivity contribution is 7.02. The van der Waals surface area contributed by atoms with Crippen molar-refractivity contribution in [3.05, 3.63) is 43.1 Å². The predicted molar refractivity (Wildman–Crippen MR) is 57.8 cm³/mol. The zero-order valence-corrected chi connectivity index (χ0v) is 9.12. The Morgan fingerprint density at radius 2 is 2.25 bits per heavy atom. The van der Waals surface area contributed by atoms with E-state index in [9.17, 15) is 14.9 Å². The molecule has 8 heteroatoms. The van der Waals surface area contributed by atoms with Crippen LogP contribution in [0.15, 0.2) is 27.4 Å². The summed E-state index contributed by atoms with van der Waals surface area (Å²) in [6.07, 6.45) is 0. The Hall–Kier alpha value is -1.73. The molecule has 2 rings (SSSR count). The van der Waals surface area contributed by atoms with E-state index in [0.717, 1.165) is 0 Å². The van der Waals surface area contributed by atoms with Gasteiger partial charge in [0, 0.05) is 12.1 Å². The molecule has 0 unspecified atom stereocenters. The lowest BCUT2D eigenvalue weighted by molar-refractivity contribution is -0.384. The lowest BCUT2D eigenvalue weighted by Crippen LogP contribution is -1.89. The highest BCUT2D eigenvalue weighted by atomic mass is 35.5. The lowest BCUT2D eigenvalue weighted by atomic mass is 10.2. The van der Waals surface area contributed by atoms with Crippen molar-refractivity contribution in [2.45, 2.75) is 0 Å². The van der Waals surface area contributed by atoms with Crippen molar-refractivity contribution in [1.82, 2.24) is 4.37 Å². The van der Waals surface area contributed by atoms with E-state index in [4.69, 9.17) is 16.0 Å². The van der Waals surface area contributed by atoms with Crippen LogP contribution in [0.5, 0.6) is 0 Å². The number of non-ortho nitro benzene ring substituents is 1. The maximum Gasteiger partial charge on any atom is 0.414 e. The van der Waals surface area contributed by atoms with E-state index in [-0.39, 0.29) is 16.6 Å². The Morgan fingerprint density at radius 1 is 1.50 bits per heavy atom. The van der Waals surface area contributed by atoms with Gasteiger partial charge in [0.05, 0.1) is 27.0 Å². The first kappa shape index (κ1) is 10.8. The number of hydrogen-bond donors (Lipinski definition) is 0. The van der Waals surface area contributed by atoms with Crippen LogP contribution >= 0.6 is 23.1 Å². The Bertz CT molecular complexity index is 606. The van der Waals surface area contributed by atoms with Crippen LogP contribution in [0, 0.1) is 10.1 Å². The molecule has 0 N–H and O–H groups in total. The molecular formula is C8H3ClN2O4S. The standard InChI is InChI=1S/C8H3ClN2O4S/c9-6-3-4(11(13)14)1-2-5(6)7-10-16-8(12)15-7/h1-3H. The zero-order valence-electron chi connectivity index (χ0n) is 7.55. The maximum atomic E-state index is 10.8. The molecule has 82 valence electrons. The van der Waals surface area contributed by atoms with Gasteiger partial charge in [-0.3, -0.25) is 10.1 Å². The molecule has 2 aromatic rings. The van der Waals surface area contributed by atoms with Crippen LogP contribution in [0.25, 0.3) is 11.5 Å². The summed E-state index contributed by atoms with van der Waals surface area (Å²) < 4.78 is 8.48. The molecule has 0 amide bonds. The average Bonchev–Trinajstić information content (AvgIpc) is 2.64. The Morgan fingerprint density at radius 3 is 2.75 bits per heavy atom. The molecule has 1 heterocycles.